The van der Waals surface area contributed by atoms with Gasteiger partial charge in [-0.05, 0) is 13.3 Å². The smallest absolute Gasteiger partial charge is 0.303 e. The number of carbonyl (C=O) groups is 3. The summed E-state index contributed by atoms with van der Waals surface area (Å²) in [6.45, 7) is 6.76. The van der Waals surface area contributed by atoms with Crippen LogP contribution >= 0.6 is 0 Å². The van der Waals surface area contributed by atoms with E-state index in [-0.39, 0.29) is 30.8 Å². The highest BCUT2D eigenvalue weighted by molar-refractivity contribution is 5.90. The average Bonchev–Trinajstić information content (AvgIpc) is 2.08. The normalized spacial score (nSPS) is 13.2. The van der Waals surface area contributed by atoms with Gasteiger partial charge in [-0.3, -0.25) is 9.59 Å². The number of rotatable bonds is 6. The van der Waals surface area contributed by atoms with Crippen molar-refractivity contribution in [1.29, 1.82) is 0 Å². The quantitative estimate of drug-likeness (QED) is 0.755. The van der Waals surface area contributed by atoms with Crippen LogP contribution < -0.4 is 0 Å². The van der Waals surface area contributed by atoms with E-state index >= 15 is 0 Å². The Morgan fingerprint density at radius 2 is 1.69 bits per heavy atom. The predicted molar refractivity (Wildman–Crippen MR) is 60.1 cm³/mol. The van der Waals surface area contributed by atoms with Gasteiger partial charge in [0.05, 0.1) is 0 Å². The zero-order valence-electron chi connectivity index (χ0n) is 10.4. The van der Waals surface area contributed by atoms with Crippen LogP contribution in [0.4, 0.5) is 0 Å². The molecule has 0 aromatic carbocycles. The van der Waals surface area contributed by atoms with Crippen molar-refractivity contribution in [2.45, 2.75) is 47.0 Å². The Morgan fingerprint density at radius 1 is 1.19 bits per heavy atom. The third kappa shape index (κ3) is 5.63. The Labute approximate surface area is 96.0 Å². The van der Waals surface area contributed by atoms with Crippen LogP contribution in [0, 0.1) is 11.3 Å². The largest absolute Gasteiger partial charge is 0.481 e. The van der Waals surface area contributed by atoms with E-state index in [9.17, 15) is 14.4 Å². The molecule has 0 fully saturated rings. The van der Waals surface area contributed by atoms with Crippen LogP contribution in [0.5, 0.6) is 0 Å². The molecular weight excluding hydrogens is 208 g/mol. The van der Waals surface area contributed by atoms with Crippen LogP contribution in [0.3, 0.4) is 0 Å². The summed E-state index contributed by atoms with van der Waals surface area (Å²) in [5.74, 6) is -1.51. The standard InChI is InChI=1S/C12H20O4/c1-8(13)7-9(5-6-10(14)15)11(16)12(2,3)4/h9H,5-7H2,1-4H3,(H,14,15). The van der Waals surface area contributed by atoms with Crippen LogP contribution in [-0.2, 0) is 14.4 Å². The number of carboxylic acids is 1. The minimum Gasteiger partial charge on any atom is -0.481 e. The monoisotopic (exact) mass is 228 g/mol. The average molecular weight is 228 g/mol. The number of hydrogen-bond acceptors (Lipinski definition) is 3. The molecule has 0 spiro atoms. The number of ketones is 2. The second-order valence-corrected chi connectivity index (χ2v) is 5.15. The molecule has 0 radical (unpaired) electrons. The maximum Gasteiger partial charge on any atom is 0.303 e. The van der Waals surface area contributed by atoms with Gasteiger partial charge in [-0.25, -0.2) is 0 Å². The van der Waals surface area contributed by atoms with E-state index in [1.54, 1.807) is 20.8 Å². The lowest BCUT2D eigenvalue weighted by molar-refractivity contribution is -0.138. The van der Waals surface area contributed by atoms with Crippen LogP contribution in [0.1, 0.15) is 47.0 Å². The molecule has 0 bridgehead atoms. The Hall–Kier alpha value is -1.19. The zero-order chi connectivity index (χ0) is 12.9. The van der Waals surface area contributed by atoms with Gasteiger partial charge in [-0.2, -0.15) is 0 Å². The molecule has 4 heteroatoms. The SMILES string of the molecule is CC(=O)CC(CCC(=O)O)C(=O)C(C)(C)C. The van der Waals surface area contributed by atoms with Crippen LogP contribution in [-0.4, -0.2) is 22.6 Å². The van der Waals surface area contributed by atoms with Gasteiger partial charge in [0.2, 0.25) is 0 Å². The molecule has 0 saturated heterocycles. The number of hydrogen-bond donors (Lipinski definition) is 1. The summed E-state index contributed by atoms with van der Waals surface area (Å²) in [5.41, 5.74) is -0.529. The number of carbonyl (C=O) groups excluding carboxylic acids is 2. The van der Waals surface area contributed by atoms with E-state index in [2.05, 4.69) is 0 Å². The highest BCUT2D eigenvalue weighted by Gasteiger charge is 2.30. The molecule has 92 valence electrons. The maximum atomic E-state index is 12.0. The first-order chi connectivity index (χ1) is 7.14. The predicted octanol–water partition coefficient (Wildman–Crippen LogP) is 2.06. The van der Waals surface area contributed by atoms with Gasteiger partial charge in [0, 0.05) is 24.2 Å². The number of carboxylic acid groups (broad SMARTS) is 1. The zero-order valence-corrected chi connectivity index (χ0v) is 10.4. The van der Waals surface area contributed by atoms with E-state index in [4.69, 9.17) is 5.11 Å². The van der Waals surface area contributed by atoms with Crippen molar-refractivity contribution in [3.8, 4) is 0 Å². The molecule has 1 unspecified atom stereocenters. The van der Waals surface area contributed by atoms with E-state index in [1.807, 2.05) is 0 Å². The van der Waals surface area contributed by atoms with Crippen molar-refractivity contribution in [1.82, 2.24) is 0 Å². The summed E-state index contributed by atoms with van der Waals surface area (Å²) in [6.07, 6.45) is 0.314. The molecule has 0 saturated carbocycles. The number of aliphatic carboxylic acids is 1. The number of Topliss-reactive ketones (excluding diaryl/α,β-unsaturated/α-hetero) is 2. The molecule has 1 N–H and O–H groups in total. The summed E-state index contributed by atoms with van der Waals surface area (Å²) >= 11 is 0. The molecule has 4 nitrogen and oxygen atoms in total. The first kappa shape index (κ1) is 14.8. The highest BCUT2D eigenvalue weighted by atomic mass is 16.4. The summed E-state index contributed by atoms with van der Waals surface area (Å²) < 4.78 is 0. The molecule has 0 rings (SSSR count). The van der Waals surface area contributed by atoms with Crippen LogP contribution in [0.15, 0.2) is 0 Å². The lowest BCUT2D eigenvalue weighted by Crippen LogP contribution is -2.30. The van der Waals surface area contributed by atoms with Gasteiger partial charge < -0.3 is 9.90 Å². The molecule has 0 aliphatic rings. The van der Waals surface area contributed by atoms with Gasteiger partial charge in [0.15, 0.2) is 0 Å². The van der Waals surface area contributed by atoms with Crippen LogP contribution in [0.2, 0.25) is 0 Å². The molecule has 1 atom stereocenters. The lowest BCUT2D eigenvalue weighted by Gasteiger charge is -2.23. The Kier molecular flexibility index (Phi) is 5.35. The van der Waals surface area contributed by atoms with Crippen molar-refractivity contribution in [2.24, 2.45) is 11.3 Å². The van der Waals surface area contributed by atoms with Gasteiger partial charge in [-0.15, -0.1) is 0 Å². The molecule has 0 aromatic heterocycles. The van der Waals surface area contributed by atoms with E-state index < -0.39 is 17.3 Å². The second kappa shape index (κ2) is 5.77. The topological polar surface area (TPSA) is 71.4 Å². The summed E-state index contributed by atoms with van der Waals surface area (Å²) in [5, 5.41) is 8.58. The van der Waals surface area contributed by atoms with Crippen molar-refractivity contribution in [2.75, 3.05) is 0 Å². The third-order valence-corrected chi connectivity index (χ3v) is 2.35. The lowest BCUT2D eigenvalue weighted by atomic mass is 9.79. The fraction of sp³-hybridized carbons (Fsp3) is 0.750. The summed E-state index contributed by atoms with van der Waals surface area (Å²) in [4.78, 5) is 33.5. The van der Waals surface area contributed by atoms with E-state index in [1.165, 1.54) is 6.92 Å². The highest BCUT2D eigenvalue weighted by Crippen LogP contribution is 2.25. The van der Waals surface area contributed by atoms with Gasteiger partial charge in [0.25, 0.3) is 0 Å². The van der Waals surface area contributed by atoms with Gasteiger partial charge >= 0.3 is 5.97 Å². The van der Waals surface area contributed by atoms with Crippen molar-refractivity contribution in [3.05, 3.63) is 0 Å². The Bertz CT molecular complexity index is 286. The van der Waals surface area contributed by atoms with Gasteiger partial charge in [-0.1, -0.05) is 20.8 Å². The fourth-order valence-corrected chi connectivity index (χ4v) is 1.58. The Morgan fingerprint density at radius 3 is 2.00 bits per heavy atom. The summed E-state index contributed by atoms with van der Waals surface area (Å²) in [7, 11) is 0. The minimum absolute atomic E-state index is 0.0380. The fourth-order valence-electron chi connectivity index (χ4n) is 1.58. The molecule has 16 heavy (non-hydrogen) atoms. The molecule has 0 aliphatic carbocycles. The van der Waals surface area contributed by atoms with Crippen molar-refractivity contribution in [3.63, 3.8) is 0 Å². The minimum atomic E-state index is -0.935. The maximum absolute atomic E-state index is 12.0. The van der Waals surface area contributed by atoms with Gasteiger partial charge in [0.1, 0.15) is 11.6 Å². The van der Waals surface area contributed by atoms with E-state index in [0.29, 0.717) is 0 Å². The summed E-state index contributed by atoms with van der Waals surface area (Å²) in [6, 6.07) is 0. The Balaban J connectivity index is 4.60. The first-order valence-electron chi connectivity index (χ1n) is 5.40. The second-order valence-electron chi connectivity index (χ2n) is 5.15. The molecule has 0 aromatic rings. The van der Waals surface area contributed by atoms with Crippen molar-refractivity contribution < 1.29 is 19.5 Å². The van der Waals surface area contributed by atoms with E-state index in [0.717, 1.165) is 0 Å². The molecule has 0 amide bonds. The third-order valence-electron chi connectivity index (χ3n) is 2.35. The molecule has 0 heterocycles. The van der Waals surface area contributed by atoms with Crippen molar-refractivity contribution >= 4 is 17.5 Å². The van der Waals surface area contributed by atoms with Crippen LogP contribution in [0.25, 0.3) is 0 Å². The first-order valence-corrected chi connectivity index (χ1v) is 5.40. The molecular formula is C12H20O4. The molecule has 0 aliphatic heterocycles.